The largest absolute Gasteiger partial charge is 0.380 e. The number of nitrogens with two attached hydrogens (primary N) is 1. The Kier molecular flexibility index (Phi) is 10.4. The molecule has 0 bridgehead atoms. The summed E-state index contributed by atoms with van der Waals surface area (Å²) in [4.78, 5) is 61.6. The molecule has 48 heavy (non-hydrogen) atoms. The Morgan fingerprint density at radius 2 is 1.77 bits per heavy atom. The van der Waals surface area contributed by atoms with Gasteiger partial charge in [-0.2, -0.15) is 13.6 Å². The lowest BCUT2D eigenvalue weighted by Crippen LogP contribution is -2.76. The molecule has 2 fully saturated rings. The Bertz CT molecular complexity index is 1790. The molecule has 2 aliphatic heterocycles. The van der Waals surface area contributed by atoms with E-state index in [1.165, 1.54) is 34.0 Å². The van der Waals surface area contributed by atoms with E-state index in [-0.39, 0.29) is 62.4 Å². The third-order valence-electron chi connectivity index (χ3n) is 7.85. The zero-order chi connectivity index (χ0) is 34.4. The van der Waals surface area contributed by atoms with Crippen molar-refractivity contribution >= 4 is 34.1 Å². The van der Waals surface area contributed by atoms with Crippen LogP contribution in [0.25, 0.3) is 0 Å². The first kappa shape index (κ1) is 34.0. The summed E-state index contributed by atoms with van der Waals surface area (Å²) in [6.45, 7) is 4.00. The monoisotopic (exact) mass is 676 g/mol. The average Bonchev–Trinajstić information content (AvgIpc) is 3.06. The van der Waals surface area contributed by atoms with Crippen molar-refractivity contribution in [3.8, 4) is 5.75 Å². The first-order valence-corrected chi connectivity index (χ1v) is 16.5. The van der Waals surface area contributed by atoms with Gasteiger partial charge in [0.15, 0.2) is 0 Å². The number of amides is 5. The van der Waals surface area contributed by atoms with Gasteiger partial charge in [-0.25, -0.2) is 19.8 Å². The third kappa shape index (κ3) is 7.96. The minimum absolute atomic E-state index is 0.000762. The molecule has 3 heterocycles. The van der Waals surface area contributed by atoms with E-state index in [0.717, 1.165) is 5.56 Å². The molecule has 0 unspecified atom stereocenters. The number of nitrogens with zero attached hydrogens (tertiary/aromatic N) is 5. The molecule has 5 rings (SSSR count). The maximum atomic E-state index is 14.2. The SMILES string of the molecule is C=CCN1CC(=O)N2[C@@H](Cc3ccc(OS(N)(=O)=O)cc3)C(=O)N(Cc3cccc(C(=O)NC)n3)C[C@@H]2N1C(=O)NCc1ccccc1. The molecule has 2 saturated heterocycles. The lowest BCUT2D eigenvalue weighted by Gasteiger charge is -2.55. The van der Waals surface area contributed by atoms with E-state index in [1.807, 2.05) is 30.3 Å². The summed E-state index contributed by atoms with van der Waals surface area (Å²) >= 11 is 0. The topological polar surface area (TPSA) is 188 Å². The van der Waals surface area contributed by atoms with Gasteiger partial charge in [-0.05, 0) is 35.4 Å². The number of urea groups is 1. The lowest BCUT2D eigenvalue weighted by atomic mass is 9.98. The van der Waals surface area contributed by atoms with Gasteiger partial charge in [-0.3, -0.25) is 14.4 Å². The first-order chi connectivity index (χ1) is 23.0. The smallest absolute Gasteiger partial charge is 0.371 e. The number of fused-ring (bicyclic) bond motifs is 1. The quantitative estimate of drug-likeness (QED) is 0.247. The molecule has 0 aliphatic carbocycles. The lowest BCUT2D eigenvalue weighted by molar-refractivity contribution is -0.189. The van der Waals surface area contributed by atoms with Crippen LogP contribution in [0.15, 0.2) is 85.5 Å². The highest BCUT2D eigenvalue weighted by molar-refractivity contribution is 7.84. The van der Waals surface area contributed by atoms with Crippen molar-refractivity contribution in [2.75, 3.05) is 26.7 Å². The zero-order valence-corrected chi connectivity index (χ0v) is 27.0. The molecule has 4 N–H and O–H groups in total. The molecule has 2 atom stereocenters. The molecule has 15 nitrogen and oxygen atoms in total. The van der Waals surface area contributed by atoms with Crippen molar-refractivity contribution in [1.82, 2.24) is 35.4 Å². The molecule has 1 aromatic heterocycles. The second kappa shape index (κ2) is 14.6. The summed E-state index contributed by atoms with van der Waals surface area (Å²) in [5.41, 5.74) is 2.08. The van der Waals surface area contributed by atoms with Gasteiger partial charge in [0.05, 0.1) is 25.3 Å². The van der Waals surface area contributed by atoms with Crippen LogP contribution in [0.4, 0.5) is 4.79 Å². The first-order valence-electron chi connectivity index (χ1n) is 15.0. The number of piperazine rings is 1. The Labute approximate surface area is 278 Å². The number of hydrogen-bond donors (Lipinski definition) is 3. The van der Waals surface area contributed by atoms with Crippen LogP contribution in [0, 0.1) is 0 Å². The predicted molar refractivity (Wildman–Crippen MR) is 174 cm³/mol. The third-order valence-corrected chi connectivity index (χ3v) is 8.27. The van der Waals surface area contributed by atoms with E-state index < -0.39 is 34.5 Å². The summed E-state index contributed by atoms with van der Waals surface area (Å²) in [5.74, 6) is -1.16. The van der Waals surface area contributed by atoms with E-state index in [9.17, 15) is 27.6 Å². The fraction of sp³-hybridized carbons (Fsp3) is 0.281. The van der Waals surface area contributed by atoms with E-state index in [1.54, 1.807) is 41.4 Å². The average molecular weight is 677 g/mol. The van der Waals surface area contributed by atoms with Gasteiger partial charge in [0.2, 0.25) is 11.8 Å². The van der Waals surface area contributed by atoms with Gasteiger partial charge in [0.25, 0.3) is 5.91 Å². The molecular weight excluding hydrogens is 640 g/mol. The number of carbonyl (C=O) groups excluding carboxylic acids is 4. The zero-order valence-electron chi connectivity index (χ0n) is 26.2. The van der Waals surface area contributed by atoms with Gasteiger partial charge in [-0.15, -0.1) is 6.58 Å². The predicted octanol–water partition coefficient (Wildman–Crippen LogP) is 0.760. The van der Waals surface area contributed by atoms with Crippen LogP contribution in [0.1, 0.15) is 27.3 Å². The molecule has 5 amide bonds. The van der Waals surface area contributed by atoms with Gasteiger partial charge in [-0.1, -0.05) is 54.6 Å². The Morgan fingerprint density at radius 3 is 2.44 bits per heavy atom. The van der Waals surface area contributed by atoms with Gasteiger partial charge in [0, 0.05) is 26.6 Å². The summed E-state index contributed by atoms with van der Waals surface area (Å²) in [7, 11) is -2.75. The van der Waals surface area contributed by atoms with Gasteiger partial charge < -0.3 is 24.6 Å². The molecule has 16 heteroatoms. The minimum atomic E-state index is -4.24. The van der Waals surface area contributed by atoms with Crippen LogP contribution in [0.2, 0.25) is 0 Å². The molecule has 2 aromatic carbocycles. The Morgan fingerprint density at radius 1 is 1.04 bits per heavy atom. The van der Waals surface area contributed by atoms with E-state index >= 15 is 0 Å². The summed E-state index contributed by atoms with van der Waals surface area (Å²) in [6.07, 6.45) is 0.722. The molecule has 0 saturated carbocycles. The van der Waals surface area contributed by atoms with E-state index in [4.69, 9.17) is 9.32 Å². The molecule has 0 spiro atoms. The number of aromatic nitrogens is 1. The molecule has 2 aliphatic rings. The maximum Gasteiger partial charge on any atom is 0.380 e. The number of carbonyl (C=O) groups is 4. The van der Waals surface area contributed by atoms with Crippen molar-refractivity contribution in [3.63, 3.8) is 0 Å². The summed E-state index contributed by atoms with van der Waals surface area (Å²) in [6, 6.07) is 18.7. The standard InChI is InChI=1S/C32H36N8O7S/c1-3-16-38-21-29(41)39-27(17-22-12-14-25(15-13-22)47-48(33,45)46)31(43)37(19-24-10-7-11-26(36-24)30(42)34-2)20-28(39)40(38)32(44)35-18-23-8-5-4-6-9-23/h3-15,27-28H,1,16-21H2,2H3,(H,34,42)(H,35,44)(H2,33,45,46)/t27-,28-/m0/s1. The van der Waals surface area contributed by atoms with Crippen LogP contribution >= 0.6 is 0 Å². The molecule has 252 valence electrons. The number of hydrazine groups is 1. The van der Waals surface area contributed by atoms with Gasteiger partial charge >= 0.3 is 16.3 Å². The van der Waals surface area contributed by atoms with E-state index in [2.05, 4.69) is 22.2 Å². The van der Waals surface area contributed by atoms with E-state index in [0.29, 0.717) is 11.3 Å². The van der Waals surface area contributed by atoms with Crippen molar-refractivity contribution in [2.24, 2.45) is 5.14 Å². The molecular formula is C32H36N8O7S. The second-order valence-corrected chi connectivity index (χ2v) is 12.3. The second-order valence-electron chi connectivity index (χ2n) is 11.2. The number of benzene rings is 2. The highest BCUT2D eigenvalue weighted by Gasteiger charge is 2.51. The summed E-state index contributed by atoms with van der Waals surface area (Å²) < 4.78 is 27.5. The molecule has 0 radical (unpaired) electrons. The highest BCUT2D eigenvalue weighted by atomic mass is 32.2. The Hall–Kier alpha value is -5.32. The van der Waals surface area contributed by atoms with Crippen LogP contribution in [-0.4, -0.2) is 95.9 Å². The number of nitrogens with one attached hydrogen (secondary N) is 2. The normalized spacial score (nSPS) is 18.2. The number of rotatable bonds is 11. The van der Waals surface area contributed by atoms with Crippen LogP contribution in [0.3, 0.4) is 0 Å². The number of hydrogen-bond acceptors (Lipinski definition) is 9. The van der Waals surface area contributed by atoms with Crippen molar-refractivity contribution < 1.29 is 31.8 Å². The van der Waals surface area contributed by atoms with Gasteiger partial charge in [0.1, 0.15) is 23.7 Å². The van der Waals surface area contributed by atoms with Crippen LogP contribution in [0.5, 0.6) is 5.75 Å². The highest BCUT2D eigenvalue weighted by Crippen LogP contribution is 2.29. The van der Waals surface area contributed by atoms with Crippen molar-refractivity contribution in [1.29, 1.82) is 0 Å². The molecule has 3 aromatic rings. The number of pyridine rings is 1. The fourth-order valence-electron chi connectivity index (χ4n) is 5.75. The van der Waals surface area contributed by atoms with Crippen molar-refractivity contribution in [3.05, 3.63) is 108 Å². The maximum absolute atomic E-state index is 14.2. The van der Waals surface area contributed by atoms with Crippen molar-refractivity contribution in [2.45, 2.75) is 31.7 Å². The van der Waals surface area contributed by atoms with Crippen LogP contribution in [-0.2, 0) is 39.4 Å². The Balaban J connectivity index is 1.50. The summed E-state index contributed by atoms with van der Waals surface area (Å²) in [5, 5.41) is 13.5. The van der Waals surface area contributed by atoms with Crippen LogP contribution < -0.4 is 20.0 Å². The fourth-order valence-corrected chi connectivity index (χ4v) is 6.13. The minimum Gasteiger partial charge on any atom is -0.371 e.